The third-order valence-corrected chi connectivity index (χ3v) is 2.80. The number of alkyl halides is 3. The second kappa shape index (κ2) is 5.23. The van der Waals surface area contributed by atoms with E-state index in [9.17, 15) is 13.2 Å². The van der Waals surface area contributed by atoms with Crippen molar-refractivity contribution in [1.82, 2.24) is 20.1 Å². The van der Waals surface area contributed by atoms with Crippen molar-refractivity contribution in [3.8, 4) is 0 Å². The maximum atomic E-state index is 12.0. The molecule has 1 unspecified atom stereocenters. The molecular weight excluding hydrogens is 249 g/mol. The van der Waals surface area contributed by atoms with Crippen molar-refractivity contribution in [2.24, 2.45) is 0 Å². The van der Waals surface area contributed by atoms with Crippen LogP contribution >= 0.6 is 0 Å². The third-order valence-electron chi connectivity index (χ3n) is 2.80. The van der Waals surface area contributed by atoms with Crippen molar-refractivity contribution in [2.45, 2.75) is 38.7 Å². The molecule has 2 heterocycles. The number of halogens is 3. The van der Waals surface area contributed by atoms with Gasteiger partial charge >= 0.3 is 6.18 Å². The van der Waals surface area contributed by atoms with Crippen LogP contribution in [0.25, 0.3) is 0 Å². The second-order valence-electron chi connectivity index (χ2n) is 4.15. The van der Waals surface area contributed by atoms with Gasteiger partial charge in [-0.05, 0) is 6.42 Å². The van der Waals surface area contributed by atoms with E-state index >= 15 is 0 Å². The van der Waals surface area contributed by atoms with E-state index in [4.69, 9.17) is 0 Å². The Morgan fingerprint density at radius 1 is 1.44 bits per heavy atom. The van der Waals surface area contributed by atoms with Crippen LogP contribution in [-0.4, -0.2) is 34.1 Å². The maximum Gasteiger partial charge on any atom is 0.411 e. The summed E-state index contributed by atoms with van der Waals surface area (Å²) in [4.78, 5) is 0. The van der Waals surface area contributed by atoms with Crippen LogP contribution in [0.2, 0.25) is 0 Å². The minimum atomic E-state index is -4.31. The summed E-state index contributed by atoms with van der Waals surface area (Å²) in [7, 11) is 0. The fourth-order valence-corrected chi connectivity index (χ4v) is 1.98. The predicted molar refractivity (Wildman–Crippen MR) is 56.8 cm³/mol. The van der Waals surface area contributed by atoms with Gasteiger partial charge in [-0.3, -0.25) is 0 Å². The summed E-state index contributed by atoms with van der Waals surface area (Å²) in [5, 5.41) is 11.2. The highest BCUT2D eigenvalue weighted by Gasteiger charge is 2.28. The van der Waals surface area contributed by atoms with Gasteiger partial charge in [0.25, 0.3) is 0 Å². The summed E-state index contributed by atoms with van der Waals surface area (Å²) in [5.41, 5.74) is 0. The molecule has 0 spiro atoms. The van der Waals surface area contributed by atoms with Crippen LogP contribution in [0.15, 0.2) is 0 Å². The number of ether oxygens (including phenoxy) is 1. The lowest BCUT2D eigenvalue weighted by Crippen LogP contribution is -2.34. The molecule has 1 atom stereocenters. The minimum Gasteiger partial charge on any atom is -0.364 e. The van der Waals surface area contributed by atoms with Gasteiger partial charge in [0.1, 0.15) is 19.0 Å². The average molecular weight is 264 g/mol. The monoisotopic (exact) mass is 264 g/mol. The van der Waals surface area contributed by atoms with Gasteiger partial charge in [-0.1, -0.05) is 6.92 Å². The number of hydrogen-bond donors (Lipinski definition) is 1. The van der Waals surface area contributed by atoms with E-state index in [1.165, 1.54) is 0 Å². The van der Waals surface area contributed by atoms with Crippen molar-refractivity contribution in [3.05, 3.63) is 11.6 Å². The molecule has 102 valence electrons. The molecule has 0 saturated heterocycles. The first-order chi connectivity index (χ1) is 8.51. The normalized spacial score (nSPS) is 19.9. The Hall–Kier alpha value is -1.15. The van der Waals surface area contributed by atoms with Gasteiger partial charge < -0.3 is 14.6 Å². The molecule has 1 aromatic rings. The predicted octanol–water partition coefficient (Wildman–Crippen LogP) is 1.41. The van der Waals surface area contributed by atoms with Gasteiger partial charge in [-0.2, -0.15) is 13.2 Å². The van der Waals surface area contributed by atoms with E-state index < -0.39 is 12.8 Å². The summed E-state index contributed by atoms with van der Waals surface area (Å²) in [6, 6.07) is 0.114. The number of nitrogens with one attached hydrogen (secondary N) is 1. The van der Waals surface area contributed by atoms with Crippen LogP contribution in [0.1, 0.15) is 31.0 Å². The smallest absolute Gasteiger partial charge is 0.364 e. The highest BCUT2D eigenvalue weighted by molar-refractivity contribution is 5.03. The van der Waals surface area contributed by atoms with Crippen molar-refractivity contribution < 1.29 is 17.9 Å². The summed E-state index contributed by atoms with van der Waals surface area (Å²) in [6.45, 7) is 2.01. The van der Waals surface area contributed by atoms with Crippen molar-refractivity contribution in [3.63, 3.8) is 0 Å². The maximum absolute atomic E-state index is 12.0. The number of hydrogen-bond acceptors (Lipinski definition) is 4. The van der Waals surface area contributed by atoms with E-state index in [1.807, 2.05) is 11.5 Å². The van der Waals surface area contributed by atoms with Gasteiger partial charge in [0.15, 0.2) is 5.82 Å². The molecule has 5 nitrogen and oxygen atoms in total. The Kier molecular flexibility index (Phi) is 3.86. The topological polar surface area (TPSA) is 52.0 Å². The lowest BCUT2D eigenvalue weighted by atomic mass is 10.2. The zero-order chi connectivity index (χ0) is 13.2. The van der Waals surface area contributed by atoms with Gasteiger partial charge in [-0.25, -0.2) is 0 Å². The first kappa shape index (κ1) is 13.3. The van der Waals surface area contributed by atoms with E-state index in [1.54, 1.807) is 0 Å². The molecule has 1 N–H and O–H groups in total. The molecule has 0 radical (unpaired) electrons. The molecule has 0 amide bonds. The Labute approximate surface area is 102 Å². The molecule has 2 rings (SSSR count). The Morgan fingerprint density at radius 2 is 2.22 bits per heavy atom. The Bertz CT molecular complexity index is 404. The lowest BCUT2D eigenvalue weighted by Gasteiger charge is -2.24. The lowest BCUT2D eigenvalue weighted by molar-refractivity contribution is -0.177. The molecule has 8 heteroatoms. The largest absolute Gasteiger partial charge is 0.411 e. The summed E-state index contributed by atoms with van der Waals surface area (Å²) < 4.78 is 42.3. The van der Waals surface area contributed by atoms with Gasteiger partial charge in [0.2, 0.25) is 0 Å². The molecule has 0 aromatic carbocycles. The van der Waals surface area contributed by atoms with E-state index in [2.05, 4.69) is 20.3 Å². The zero-order valence-electron chi connectivity index (χ0n) is 10.00. The van der Waals surface area contributed by atoms with Crippen LogP contribution in [0.3, 0.4) is 0 Å². The molecule has 0 fully saturated rings. The molecular formula is C10H15F3N4O. The van der Waals surface area contributed by atoms with Crippen LogP contribution in [-0.2, 0) is 17.9 Å². The van der Waals surface area contributed by atoms with E-state index in [0.29, 0.717) is 12.4 Å². The number of aromatic nitrogens is 3. The molecule has 0 aliphatic carbocycles. The molecule has 0 saturated carbocycles. The fraction of sp³-hybridized carbons (Fsp3) is 0.800. The van der Waals surface area contributed by atoms with Crippen molar-refractivity contribution >= 4 is 0 Å². The standard InChI is InChI=1S/C10H15F3N4O/c1-2-7-9-16-15-8(17(9)4-3-14-7)5-18-6-10(11,12)13/h7,14H,2-6H2,1H3. The number of nitrogens with zero attached hydrogens (tertiary/aromatic N) is 3. The highest BCUT2D eigenvalue weighted by atomic mass is 19.4. The van der Waals surface area contributed by atoms with Gasteiger partial charge in [0, 0.05) is 13.1 Å². The van der Waals surface area contributed by atoms with Crippen LogP contribution in [0.4, 0.5) is 13.2 Å². The minimum absolute atomic E-state index is 0.114. The van der Waals surface area contributed by atoms with E-state index in [-0.39, 0.29) is 12.6 Å². The third kappa shape index (κ3) is 2.99. The molecule has 1 aliphatic heterocycles. The average Bonchev–Trinajstić information content (AvgIpc) is 2.71. The SMILES string of the molecule is CCC1NCCn2c(COCC(F)(F)F)nnc21. The zero-order valence-corrected chi connectivity index (χ0v) is 10.00. The van der Waals surface area contributed by atoms with Crippen molar-refractivity contribution in [2.75, 3.05) is 13.2 Å². The quantitative estimate of drug-likeness (QED) is 0.893. The summed E-state index contributed by atoms with van der Waals surface area (Å²) in [5.74, 6) is 1.23. The second-order valence-corrected chi connectivity index (χ2v) is 4.15. The van der Waals surface area contributed by atoms with Gasteiger partial charge in [0.05, 0.1) is 6.04 Å². The first-order valence-electron chi connectivity index (χ1n) is 5.81. The van der Waals surface area contributed by atoms with Crippen LogP contribution in [0, 0.1) is 0 Å². The van der Waals surface area contributed by atoms with E-state index in [0.717, 1.165) is 18.8 Å². The Balaban J connectivity index is 2.00. The van der Waals surface area contributed by atoms with Crippen molar-refractivity contribution in [1.29, 1.82) is 0 Å². The van der Waals surface area contributed by atoms with Crippen LogP contribution in [0.5, 0.6) is 0 Å². The summed E-state index contributed by atoms with van der Waals surface area (Å²) >= 11 is 0. The Morgan fingerprint density at radius 3 is 2.89 bits per heavy atom. The number of rotatable bonds is 4. The molecule has 1 aliphatic rings. The van der Waals surface area contributed by atoms with Gasteiger partial charge in [-0.15, -0.1) is 10.2 Å². The fourth-order valence-electron chi connectivity index (χ4n) is 1.98. The molecule has 18 heavy (non-hydrogen) atoms. The molecule has 0 bridgehead atoms. The first-order valence-corrected chi connectivity index (χ1v) is 5.81. The van der Waals surface area contributed by atoms with Crippen LogP contribution < -0.4 is 5.32 Å². The number of fused-ring (bicyclic) bond motifs is 1. The molecule has 1 aromatic heterocycles. The summed E-state index contributed by atoms with van der Waals surface area (Å²) in [6.07, 6.45) is -3.44. The highest BCUT2D eigenvalue weighted by Crippen LogP contribution is 2.20.